The average molecular weight is 259 g/mol. The molecule has 0 radical (unpaired) electrons. The number of benzene rings is 1. The maximum absolute atomic E-state index is 8.69. The van der Waals surface area contributed by atoms with Gasteiger partial charge in [-0.05, 0) is 18.2 Å². The van der Waals surface area contributed by atoms with Crippen LogP contribution in [0.3, 0.4) is 0 Å². The van der Waals surface area contributed by atoms with Crippen molar-refractivity contribution in [3.8, 4) is 0 Å². The summed E-state index contributed by atoms with van der Waals surface area (Å²) in [6, 6.07) is 5.36. The van der Waals surface area contributed by atoms with Crippen LogP contribution < -0.4 is 5.73 Å². The number of rotatable bonds is 3. The van der Waals surface area contributed by atoms with Gasteiger partial charge in [-0.3, -0.25) is 0 Å². The second kappa shape index (κ2) is 4.95. The molecule has 1 aromatic carbocycles. The fourth-order valence-corrected chi connectivity index (χ4v) is 2.62. The molecule has 0 saturated carbocycles. The van der Waals surface area contributed by atoms with E-state index in [9.17, 15) is 0 Å². The molecule has 1 fully saturated rings. The van der Waals surface area contributed by atoms with Gasteiger partial charge >= 0.3 is 0 Å². The SMILES string of the molecule is NC(=NO)c1cc(Cl)ccc1SC1COC1. The van der Waals surface area contributed by atoms with Crippen LogP contribution in [0.4, 0.5) is 0 Å². The monoisotopic (exact) mass is 258 g/mol. The highest BCUT2D eigenvalue weighted by molar-refractivity contribution is 8.00. The summed E-state index contributed by atoms with van der Waals surface area (Å²) in [4.78, 5) is 0.952. The highest BCUT2D eigenvalue weighted by Gasteiger charge is 2.21. The first-order valence-electron chi connectivity index (χ1n) is 4.72. The first-order valence-corrected chi connectivity index (χ1v) is 5.98. The lowest BCUT2D eigenvalue weighted by atomic mass is 10.2. The molecule has 1 aliphatic heterocycles. The Morgan fingerprint density at radius 3 is 2.88 bits per heavy atom. The molecule has 0 aromatic heterocycles. The first kappa shape index (κ1) is 11.6. The fourth-order valence-electron chi connectivity index (χ4n) is 1.32. The van der Waals surface area contributed by atoms with Gasteiger partial charge in [0, 0.05) is 15.5 Å². The number of hydrogen-bond donors (Lipinski definition) is 2. The molecule has 4 nitrogen and oxygen atoms in total. The van der Waals surface area contributed by atoms with Gasteiger partial charge in [0.2, 0.25) is 0 Å². The minimum absolute atomic E-state index is 0.0743. The molecule has 16 heavy (non-hydrogen) atoms. The van der Waals surface area contributed by atoms with Gasteiger partial charge in [-0.15, -0.1) is 11.8 Å². The molecular weight excluding hydrogens is 248 g/mol. The summed E-state index contributed by atoms with van der Waals surface area (Å²) in [5, 5.41) is 12.7. The van der Waals surface area contributed by atoms with Crippen LogP contribution in [-0.4, -0.2) is 29.5 Å². The van der Waals surface area contributed by atoms with E-state index in [1.165, 1.54) is 0 Å². The third-order valence-corrected chi connectivity index (χ3v) is 3.68. The van der Waals surface area contributed by atoms with Crippen molar-refractivity contribution in [2.45, 2.75) is 10.1 Å². The van der Waals surface area contributed by atoms with Gasteiger partial charge in [-0.2, -0.15) is 0 Å². The van der Waals surface area contributed by atoms with Crippen molar-refractivity contribution >= 4 is 29.2 Å². The van der Waals surface area contributed by atoms with E-state index in [4.69, 9.17) is 27.3 Å². The van der Waals surface area contributed by atoms with Crippen molar-refractivity contribution in [1.29, 1.82) is 0 Å². The Bertz CT molecular complexity index is 421. The van der Waals surface area contributed by atoms with Crippen molar-refractivity contribution in [3.05, 3.63) is 28.8 Å². The van der Waals surface area contributed by atoms with E-state index >= 15 is 0 Å². The van der Waals surface area contributed by atoms with E-state index in [1.54, 1.807) is 23.9 Å². The van der Waals surface area contributed by atoms with E-state index in [0.29, 0.717) is 15.8 Å². The highest BCUT2D eigenvalue weighted by atomic mass is 35.5. The molecule has 2 rings (SSSR count). The highest BCUT2D eigenvalue weighted by Crippen LogP contribution is 2.32. The summed E-state index contributed by atoms with van der Waals surface area (Å²) >= 11 is 7.53. The number of ether oxygens (including phenoxy) is 1. The molecular formula is C10H11ClN2O2S. The second-order valence-electron chi connectivity index (χ2n) is 3.40. The zero-order chi connectivity index (χ0) is 11.5. The van der Waals surface area contributed by atoms with Crippen LogP contribution >= 0.6 is 23.4 Å². The average Bonchev–Trinajstić information content (AvgIpc) is 2.23. The number of halogens is 1. The van der Waals surface area contributed by atoms with Crippen LogP contribution in [0.15, 0.2) is 28.3 Å². The third kappa shape index (κ3) is 2.42. The maximum Gasteiger partial charge on any atom is 0.171 e. The predicted molar refractivity (Wildman–Crippen MR) is 64.4 cm³/mol. The summed E-state index contributed by atoms with van der Waals surface area (Å²) in [6.45, 7) is 1.48. The quantitative estimate of drug-likeness (QED) is 0.376. The standard InChI is InChI=1S/C10H11ClN2O2S/c11-6-1-2-9(16-7-4-15-5-7)8(3-6)10(12)13-14/h1-3,7,14H,4-5H2,(H2,12,13). The van der Waals surface area contributed by atoms with Gasteiger partial charge < -0.3 is 15.7 Å². The topological polar surface area (TPSA) is 67.8 Å². The van der Waals surface area contributed by atoms with Crippen LogP contribution in [-0.2, 0) is 4.74 Å². The van der Waals surface area contributed by atoms with Crippen LogP contribution in [0.1, 0.15) is 5.56 Å². The van der Waals surface area contributed by atoms with E-state index in [2.05, 4.69) is 5.16 Å². The van der Waals surface area contributed by atoms with E-state index in [0.717, 1.165) is 18.1 Å². The largest absolute Gasteiger partial charge is 0.409 e. The lowest BCUT2D eigenvalue weighted by molar-refractivity contribution is 0.0455. The molecule has 1 heterocycles. The summed E-state index contributed by atoms with van der Waals surface area (Å²) < 4.78 is 5.10. The third-order valence-electron chi connectivity index (χ3n) is 2.23. The number of amidine groups is 1. The number of oxime groups is 1. The minimum atomic E-state index is 0.0743. The van der Waals surface area contributed by atoms with Crippen molar-refractivity contribution in [2.75, 3.05) is 13.2 Å². The molecule has 0 atom stereocenters. The van der Waals surface area contributed by atoms with Gasteiger partial charge in [0.25, 0.3) is 0 Å². The zero-order valence-corrected chi connectivity index (χ0v) is 9.96. The number of hydrogen-bond acceptors (Lipinski definition) is 4. The first-order chi connectivity index (χ1) is 7.70. The smallest absolute Gasteiger partial charge is 0.171 e. The Morgan fingerprint density at radius 2 is 2.31 bits per heavy atom. The number of thioether (sulfide) groups is 1. The number of nitrogens with two attached hydrogens (primary N) is 1. The summed E-state index contributed by atoms with van der Waals surface area (Å²) in [7, 11) is 0. The molecule has 1 aromatic rings. The van der Waals surface area contributed by atoms with Crippen LogP contribution in [0.25, 0.3) is 0 Å². The molecule has 0 bridgehead atoms. The molecule has 1 aliphatic rings. The molecule has 0 amide bonds. The Kier molecular flexibility index (Phi) is 3.58. The molecule has 0 spiro atoms. The Hall–Kier alpha value is -0.910. The van der Waals surface area contributed by atoms with Crippen molar-refractivity contribution in [1.82, 2.24) is 0 Å². The van der Waals surface area contributed by atoms with Gasteiger partial charge in [-0.1, -0.05) is 16.8 Å². The lowest BCUT2D eigenvalue weighted by Gasteiger charge is -2.25. The number of nitrogens with zero attached hydrogens (tertiary/aromatic N) is 1. The molecule has 3 N–H and O–H groups in total. The normalized spacial score (nSPS) is 17.2. The van der Waals surface area contributed by atoms with Crippen molar-refractivity contribution in [3.63, 3.8) is 0 Å². The molecule has 6 heteroatoms. The second-order valence-corrected chi connectivity index (χ2v) is 5.18. The Labute approximate surface area is 102 Å². The molecule has 0 unspecified atom stereocenters. The Balaban J connectivity index is 2.27. The van der Waals surface area contributed by atoms with Crippen molar-refractivity contribution in [2.24, 2.45) is 10.9 Å². The molecule has 86 valence electrons. The van der Waals surface area contributed by atoms with E-state index in [-0.39, 0.29) is 5.84 Å². The predicted octanol–water partition coefficient (Wildman–Crippen LogP) is 1.93. The van der Waals surface area contributed by atoms with Crippen LogP contribution in [0, 0.1) is 0 Å². The molecule has 1 saturated heterocycles. The van der Waals surface area contributed by atoms with Crippen LogP contribution in [0.5, 0.6) is 0 Å². The molecule has 0 aliphatic carbocycles. The fraction of sp³-hybridized carbons (Fsp3) is 0.300. The maximum atomic E-state index is 8.69. The minimum Gasteiger partial charge on any atom is -0.409 e. The summed E-state index contributed by atoms with van der Waals surface area (Å²) in [6.07, 6.45) is 0. The van der Waals surface area contributed by atoms with Gasteiger partial charge in [-0.25, -0.2) is 0 Å². The van der Waals surface area contributed by atoms with E-state index in [1.807, 2.05) is 6.07 Å². The summed E-state index contributed by atoms with van der Waals surface area (Å²) in [5.41, 5.74) is 6.26. The van der Waals surface area contributed by atoms with Gasteiger partial charge in [0.15, 0.2) is 5.84 Å². The Morgan fingerprint density at radius 1 is 1.56 bits per heavy atom. The van der Waals surface area contributed by atoms with E-state index < -0.39 is 0 Å². The lowest BCUT2D eigenvalue weighted by Crippen LogP contribution is -2.30. The van der Waals surface area contributed by atoms with Crippen molar-refractivity contribution < 1.29 is 9.94 Å². The zero-order valence-electron chi connectivity index (χ0n) is 8.39. The van der Waals surface area contributed by atoms with Gasteiger partial charge in [0.05, 0.1) is 18.5 Å². The van der Waals surface area contributed by atoms with Crippen LogP contribution in [0.2, 0.25) is 5.02 Å². The van der Waals surface area contributed by atoms with Gasteiger partial charge in [0.1, 0.15) is 0 Å². The summed E-state index contributed by atoms with van der Waals surface area (Å²) in [5.74, 6) is 0.0743.